The Bertz CT molecular complexity index is 1300. The van der Waals surface area contributed by atoms with Crippen molar-refractivity contribution in [3.8, 4) is 0 Å². The maximum absolute atomic E-state index is 13.5. The summed E-state index contributed by atoms with van der Waals surface area (Å²) in [6.45, 7) is 1.97. The van der Waals surface area contributed by atoms with Crippen molar-refractivity contribution in [1.82, 2.24) is 10.2 Å². The van der Waals surface area contributed by atoms with Gasteiger partial charge < -0.3 is 15.0 Å². The van der Waals surface area contributed by atoms with Gasteiger partial charge in [-0.2, -0.15) is 0 Å². The monoisotopic (exact) mass is 436 g/mol. The number of benzene rings is 4. The second-order valence-electron chi connectivity index (χ2n) is 8.02. The third kappa shape index (κ3) is 4.36. The zero-order chi connectivity index (χ0) is 22.6. The molecular weight excluding hydrogens is 412 g/mol. The van der Waals surface area contributed by atoms with Gasteiger partial charge in [0.15, 0.2) is 0 Å². The Labute approximate surface area is 192 Å². The number of amides is 2. The molecule has 164 valence electrons. The fourth-order valence-corrected chi connectivity index (χ4v) is 4.22. The Hall–Kier alpha value is -3.96. The van der Waals surface area contributed by atoms with Gasteiger partial charge in [0, 0.05) is 18.7 Å². The number of carbonyl (C=O) groups is 2. The first-order valence-corrected chi connectivity index (χ1v) is 11.1. The molecule has 0 aromatic heterocycles. The van der Waals surface area contributed by atoms with Crippen molar-refractivity contribution in [3.05, 3.63) is 102 Å². The van der Waals surface area contributed by atoms with Crippen LogP contribution in [0.4, 0.5) is 0 Å². The van der Waals surface area contributed by atoms with E-state index in [9.17, 15) is 9.59 Å². The third-order valence-electron chi connectivity index (χ3n) is 5.91. The van der Waals surface area contributed by atoms with Gasteiger partial charge in [0.2, 0.25) is 0 Å². The summed E-state index contributed by atoms with van der Waals surface area (Å²) in [7, 11) is 0. The van der Waals surface area contributed by atoms with E-state index < -0.39 is 0 Å². The summed E-state index contributed by atoms with van der Waals surface area (Å²) in [5.74, 6) is -0.521. The smallest absolute Gasteiger partial charge is 0.270 e. The van der Waals surface area contributed by atoms with Crippen molar-refractivity contribution < 1.29 is 14.3 Å². The molecule has 0 radical (unpaired) electrons. The second-order valence-corrected chi connectivity index (χ2v) is 8.02. The Balaban J connectivity index is 1.65. The first-order chi connectivity index (χ1) is 16.2. The minimum atomic E-state index is -0.312. The highest BCUT2D eigenvalue weighted by molar-refractivity contribution is 6.11. The molecule has 0 bridgehead atoms. The lowest BCUT2D eigenvalue weighted by Gasteiger charge is -2.28. The molecule has 0 aliphatic carbocycles. The van der Waals surface area contributed by atoms with Crippen molar-refractivity contribution in [2.24, 2.45) is 0 Å². The number of rotatable bonds is 4. The van der Waals surface area contributed by atoms with Crippen molar-refractivity contribution in [1.29, 1.82) is 0 Å². The zero-order valence-corrected chi connectivity index (χ0v) is 18.2. The molecule has 1 aliphatic rings. The highest BCUT2D eigenvalue weighted by Crippen LogP contribution is 2.30. The van der Waals surface area contributed by atoms with Gasteiger partial charge in [-0.25, -0.2) is 0 Å². The van der Waals surface area contributed by atoms with E-state index in [0.717, 1.165) is 27.1 Å². The van der Waals surface area contributed by atoms with E-state index in [-0.39, 0.29) is 17.5 Å². The van der Waals surface area contributed by atoms with Crippen molar-refractivity contribution in [2.75, 3.05) is 26.3 Å². The number of hydrogen-bond donors (Lipinski definition) is 1. The van der Waals surface area contributed by atoms with Gasteiger partial charge in [-0.15, -0.1) is 0 Å². The number of nitrogens with one attached hydrogen (secondary N) is 1. The van der Waals surface area contributed by atoms with Crippen LogP contribution in [0.1, 0.15) is 15.9 Å². The molecule has 0 saturated carbocycles. The lowest BCUT2D eigenvalue weighted by atomic mass is 9.96. The molecule has 5 nitrogen and oxygen atoms in total. The van der Waals surface area contributed by atoms with E-state index in [0.29, 0.717) is 31.9 Å². The Morgan fingerprint density at radius 2 is 1.36 bits per heavy atom. The maximum Gasteiger partial charge on any atom is 0.270 e. The van der Waals surface area contributed by atoms with Crippen LogP contribution in [-0.4, -0.2) is 43.0 Å². The van der Waals surface area contributed by atoms with Crippen molar-refractivity contribution >= 4 is 39.4 Å². The molecule has 4 aromatic rings. The minimum absolute atomic E-state index is 0.209. The summed E-state index contributed by atoms with van der Waals surface area (Å²) in [5, 5.41) is 7.11. The van der Waals surface area contributed by atoms with Gasteiger partial charge in [0.25, 0.3) is 11.8 Å². The van der Waals surface area contributed by atoms with Gasteiger partial charge in [-0.1, -0.05) is 66.7 Å². The van der Waals surface area contributed by atoms with Gasteiger partial charge >= 0.3 is 0 Å². The largest absolute Gasteiger partial charge is 0.378 e. The highest BCUT2D eigenvalue weighted by Gasteiger charge is 2.23. The summed E-state index contributed by atoms with van der Waals surface area (Å²) in [6, 6.07) is 27.3. The lowest BCUT2D eigenvalue weighted by molar-refractivity contribution is -0.131. The van der Waals surface area contributed by atoms with Crippen LogP contribution in [0.15, 0.2) is 90.6 Å². The average molecular weight is 437 g/mol. The highest BCUT2D eigenvalue weighted by atomic mass is 16.5. The molecule has 4 aromatic carbocycles. The fourth-order valence-electron chi connectivity index (χ4n) is 4.22. The molecule has 1 heterocycles. The number of nitrogens with zero attached hydrogens (tertiary/aromatic N) is 1. The van der Waals surface area contributed by atoms with Crippen LogP contribution in [0.2, 0.25) is 0 Å². The molecule has 33 heavy (non-hydrogen) atoms. The molecule has 0 spiro atoms. The van der Waals surface area contributed by atoms with Crippen LogP contribution in [0, 0.1) is 0 Å². The number of ether oxygens (including phenoxy) is 1. The van der Waals surface area contributed by atoms with Gasteiger partial charge in [-0.3, -0.25) is 9.59 Å². The van der Waals surface area contributed by atoms with E-state index in [4.69, 9.17) is 4.74 Å². The predicted molar refractivity (Wildman–Crippen MR) is 131 cm³/mol. The molecule has 0 unspecified atom stereocenters. The predicted octanol–water partition coefficient (Wildman–Crippen LogP) is 4.62. The van der Waals surface area contributed by atoms with Crippen molar-refractivity contribution in [3.63, 3.8) is 0 Å². The topological polar surface area (TPSA) is 58.6 Å². The molecular formula is C28H24N2O3. The molecule has 0 atom stereocenters. The van der Waals surface area contributed by atoms with E-state index in [2.05, 4.69) is 23.5 Å². The van der Waals surface area contributed by atoms with Crippen LogP contribution in [0.3, 0.4) is 0 Å². The third-order valence-corrected chi connectivity index (χ3v) is 5.91. The Morgan fingerprint density at radius 3 is 2.00 bits per heavy atom. The fraction of sp³-hybridized carbons (Fsp3) is 0.143. The number of morpholine rings is 1. The molecule has 1 fully saturated rings. The van der Waals surface area contributed by atoms with Crippen LogP contribution >= 0.6 is 0 Å². The summed E-state index contributed by atoms with van der Waals surface area (Å²) >= 11 is 0. The van der Waals surface area contributed by atoms with Crippen LogP contribution in [-0.2, 0) is 9.53 Å². The van der Waals surface area contributed by atoms with Gasteiger partial charge in [0.1, 0.15) is 5.70 Å². The normalized spacial score (nSPS) is 14.4. The zero-order valence-electron chi connectivity index (χ0n) is 18.2. The first-order valence-electron chi connectivity index (χ1n) is 11.1. The lowest BCUT2D eigenvalue weighted by Crippen LogP contribution is -2.44. The SMILES string of the molecule is O=C(NC(=Cc1c2ccccc2cc2ccccc12)C(=O)N1CCOCC1)c1ccccc1. The Morgan fingerprint density at radius 1 is 0.788 bits per heavy atom. The molecule has 1 N–H and O–H groups in total. The van der Waals surface area contributed by atoms with Crippen LogP contribution in [0.25, 0.3) is 27.6 Å². The summed E-state index contributed by atoms with van der Waals surface area (Å²) < 4.78 is 5.41. The van der Waals surface area contributed by atoms with E-state index in [1.807, 2.05) is 48.5 Å². The van der Waals surface area contributed by atoms with Gasteiger partial charge in [-0.05, 0) is 51.4 Å². The minimum Gasteiger partial charge on any atom is -0.378 e. The average Bonchev–Trinajstić information content (AvgIpc) is 2.88. The maximum atomic E-state index is 13.5. The van der Waals surface area contributed by atoms with E-state index in [1.165, 1.54) is 0 Å². The molecule has 5 rings (SSSR count). The van der Waals surface area contributed by atoms with E-state index >= 15 is 0 Å². The van der Waals surface area contributed by atoms with Crippen molar-refractivity contribution in [2.45, 2.75) is 0 Å². The quantitative estimate of drug-likeness (QED) is 0.375. The molecule has 2 amide bonds. The van der Waals surface area contributed by atoms with E-state index in [1.54, 1.807) is 29.2 Å². The Kier molecular flexibility index (Phi) is 5.87. The van der Waals surface area contributed by atoms with Crippen LogP contribution < -0.4 is 5.32 Å². The molecule has 1 saturated heterocycles. The standard InChI is InChI=1S/C28H24N2O3/c31-27(20-8-2-1-3-9-20)29-26(28(32)30-14-16-33-17-15-30)19-25-23-12-6-4-10-21(23)18-22-11-5-7-13-24(22)25/h1-13,18-19H,14-17H2,(H,29,31). The second kappa shape index (κ2) is 9.27. The summed E-state index contributed by atoms with van der Waals surface area (Å²) in [5.41, 5.74) is 1.67. The first kappa shape index (κ1) is 20.9. The van der Waals surface area contributed by atoms with Crippen LogP contribution in [0.5, 0.6) is 0 Å². The summed E-state index contributed by atoms with van der Waals surface area (Å²) in [6.07, 6.45) is 1.82. The summed E-state index contributed by atoms with van der Waals surface area (Å²) in [4.78, 5) is 28.3. The van der Waals surface area contributed by atoms with Gasteiger partial charge in [0.05, 0.1) is 13.2 Å². The number of fused-ring (bicyclic) bond motifs is 2. The number of carbonyl (C=O) groups excluding carboxylic acids is 2. The number of hydrogen-bond acceptors (Lipinski definition) is 3. The molecule has 5 heteroatoms. The molecule has 1 aliphatic heterocycles.